The van der Waals surface area contributed by atoms with Gasteiger partial charge in [-0.2, -0.15) is 0 Å². The van der Waals surface area contributed by atoms with E-state index in [-0.39, 0.29) is 36.4 Å². The highest BCUT2D eigenvalue weighted by atomic mass is 35.5. The first-order chi connectivity index (χ1) is 17.9. The minimum absolute atomic E-state index is 0.00843. The summed E-state index contributed by atoms with van der Waals surface area (Å²) in [5, 5.41) is 27.5. The Morgan fingerprint density at radius 1 is 0.974 bits per heavy atom. The number of aliphatic hydroxyl groups is 1. The molecule has 11 heteroatoms. The zero-order chi connectivity index (χ0) is 27.9. The number of halogens is 2. The quantitative estimate of drug-likeness (QED) is 0.205. The van der Waals surface area contributed by atoms with Gasteiger partial charge in [-0.15, -0.1) is 0 Å². The van der Waals surface area contributed by atoms with Crippen LogP contribution in [0, 0.1) is 0 Å². The smallest absolute Gasteiger partial charge is 0.229 e. The van der Waals surface area contributed by atoms with Crippen molar-refractivity contribution < 1.29 is 23.4 Å². The molecule has 0 aromatic heterocycles. The number of hydrogen-bond acceptors (Lipinski definition) is 6. The fourth-order valence-electron chi connectivity index (χ4n) is 3.86. The van der Waals surface area contributed by atoms with Crippen molar-refractivity contribution in [3.8, 4) is 5.75 Å². The molecule has 2 atom stereocenters. The van der Waals surface area contributed by atoms with E-state index in [2.05, 4.69) is 15.4 Å². The van der Waals surface area contributed by atoms with Crippen LogP contribution in [0.1, 0.15) is 35.3 Å². The third-order valence-corrected chi connectivity index (χ3v) is 7.06. The molecule has 8 nitrogen and oxygen atoms in total. The van der Waals surface area contributed by atoms with Crippen LogP contribution < -0.4 is 15.4 Å². The number of sulfonamides is 1. The Hall–Kier alpha value is -2.82. The number of anilines is 1. The van der Waals surface area contributed by atoms with E-state index in [0.717, 1.165) is 22.9 Å². The van der Waals surface area contributed by atoms with Crippen molar-refractivity contribution in [1.82, 2.24) is 10.6 Å². The fraction of sp³-hybridized carbons (Fsp3) is 0.296. The molecule has 0 aliphatic heterocycles. The summed E-state index contributed by atoms with van der Waals surface area (Å²) in [5.74, 6) is -0.336. The van der Waals surface area contributed by atoms with Crippen molar-refractivity contribution in [3.05, 3.63) is 93.0 Å². The second-order valence-corrected chi connectivity index (χ2v) is 11.8. The maximum atomic E-state index is 12.4. The Morgan fingerprint density at radius 2 is 1.71 bits per heavy atom. The molecule has 0 aliphatic carbocycles. The van der Waals surface area contributed by atoms with Crippen LogP contribution in [0.15, 0.2) is 60.7 Å². The van der Waals surface area contributed by atoms with Crippen molar-refractivity contribution in [2.45, 2.75) is 38.5 Å². The first kappa shape index (κ1) is 29.7. The Bertz CT molecular complexity index is 1380. The number of benzene rings is 3. The molecule has 3 aromatic rings. The molecule has 0 heterocycles. The van der Waals surface area contributed by atoms with Gasteiger partial charge in [0.2, 0.25) is 15.9 Å². The number of rotatable bonds is 12. The van der Waals surface area contributed by atoms with Gasteiger partial charge in [-0.1, -0.05) is 59.6 Å². The SMILES string of the molecule is CC(Cc1cccc(CC(=O)NCc2ccc(Cl)c(Cl)c2)c1)NCC(O)c1ccc(O)c(NS(C)(=O)=O)c1. The normalized spacial score (nSPS) is 13.1. The lowest BCUT2D eigenvalue weighted by Gasteiger charge is -2.19. The third kappa shape index (κ3) is 9.49. The van der Waals surface area contributed by atoms with Crippen molar-refractivity contribution >= 4 is 44.8 Å². The number of phenolic OH excluding ortho intramolecular Hbond substituents is 1. The van der Waals surface area contributed by atoms with Crippen LogP contribution in [0.5, 0.6) is 5.75 Å². The average Bonchev–Trinajstić information content (AvgIpc) is 2.84. The van der Waals surface area contributed by atoms with Crippen LogP contribution in [0.3, 0.4) is 0 Å². The zero-order valence-corrected chi connectivity index (χ0v) is 23.4. The van der Waals surface area contributed by atoms with Gasteiger partial charge in [0.15, 0.2) is 0 Å². The minimum Gasteiger partial charge on any atom is -0.506 e. The van der Waals surface area contributed by atoms with Gasteiger partial charge in [-0.3, -0.25) is 9.52 Å². The van der Waals surface area contributed by atoms with E-state index in [0.29, 0.717) is 28.6 Å². The number of amides is 1. The topological polar surface area (TPSA) is 128 Å². The molecule has 0 spiro atoms. The van der Waals surface area contributed by atoms with E-state index in [1.807, 2.05) is 37.3 Å². The second-order valence-electron chi connectivity index (χ2n) is 9.20. The second kappa shape index (κ2) is 13.3. The standard InChI is InChI=1S/C27H31Cl2N3O5S/c1-17(30-16-26(34)21-7-9-25(33)24(14-21)32-38(2,36)37)10-18-4-3-5-19(11-18)13-27(35)31-15-20-6-8-22(28)23(29)12-20/h3-9,11-12,14,17,26,30,32-34H,10,13,15-16H2,1-2H3,(H,31,35). The van der Waals surface area contributed by atoms with Gasteiger partial charge in [-0.25, -0.2) is 8.42 Å². The molecule has 38 heavy (non-hydrogen) atoms. The number of carbonyl (C=O) groups is 1. The summed E-state index contributed by atoms with van der Waals surface area (Å²) >= 11 is 12.0. The average molecular weight is 581 g/mol. The van der Waals surface area contributed by atoms with Crippen molar-refractivity contribution in [3.63, 3.8) is 0 Å². The van der Waals surface area contributed by atoms with Gasteiger partial charge in [0, 0.05) is 19.1 Å². The van der Waals surface area contributed by atoms with Crippen molar-refractivity contribution in [2.75, 3.05) is 17.5 Å². The summed E-state index contributed by atoms with van der Waals surface area (Å²) < 4.78 is 25.2. The molecule has 0 radical (unpaired) electrons. The Morgan fingerprint density at radius 3 is 2.42 bits per heavy atom. The van der Waals surface area contributed by atoms with E-state index in [1.165, 1.54) is 18.2 Å². The molecule has 5 N–H and O–H groups in total. The summed E-state index contributed by atoms with van der Waals surface area (Å²) in [6.45, 7) is 2.56. The van der Waals surface area contributed by atoms with Crippen molar-refractivity contribution in [2.24, 2.45) is 0 Å². The Balaban J connectivity index is 1.50. The first-order valence-electron chi connectivity index (χ1n) is 11.9. The number of hydrogen-bond donors (Lipinski definition) is 5. The van der Waals surface area contributed by atoms with Crippen LogP contribution in [-0.4, -0.2) is 43.4 Å². The minimum atomic E-state index is -3.57. The van der Waals surface area contributed by atoms with Gasteiger partial charge < -0.3 is 20.8 Å². The highest BCUT2D eigenvalue weighted by Crippen LogP contribution is 2.28. The molecule has 3 aromatic carbocycles. The number of carbonyl (C=O) groups excluding carboxylic acids is 1. The maximum absolute atomic E-state index is 12.4. The zero-order valence-electron chi connectivity index (χ0n) is 21.0. The van der Waals surface area contributed by atoms with E-state index in [1.54, 1.807) is 12.1 Å². The summed E-state index contributed by atoms with van der Waals surface area (Å²) in [5.41, 5.74) is 3.26. The van der Waals surface area contributed by atoms with E-state index in [4.69, 9.17) is 23.2 Å². The molecule has 0 aliphatic rings. The largest absolute Gasteiger partial charge is 0.506 e. The van der Waals surface area contributed by atoms with Gasteiger partial charge in [0.25, 0.3) is 0 Å². The molecule has 204 valence electrons. The van der Waals surface area contributed by atoms with Gasteiger partial charge >= 0.3 is 0 Å². The lowest BCUT2D eigenvalue weighted by Crippen LogP contribution is -2.32. The summed E-state index contributed by atoms with van der Waals surface area (Å²) in [7, 11) is -3.57. The molecule has 0 fully saturated rings. The predicted molar refractivity (Wildman–Crippen MR) is 151 cm³/mol. The van der Waals surface area contributed by atoms with Gasteiger partial charge in [-0.05, 0) is 59.9 Å². The monoisotopic (exact) mass is 579 g/mol. The van der Waals surface area contributed by atoms with Crippen LogP contribution in [0.25, 0.3) is 0 Å². The molecule has 0 saturated heterocycles. The van der Waals surface area contributed by atoms with Gasteiger partial charge in [0.1, 0.15) is 5.75 Å². The lowest BCUT2D eigenvalue weighted by atomic mass is 10.0. The molecule has 0 saturated carbocycles. The molecule has 0 bridgehead atoms. The summed E-state index contributed by atoms with van der Waals surface area (Å²) in [6, 6.07) is 17.3. The summed E-state index contributed by atoms with van der Waals surface area (Å²) in [6.07, 6.45) is 0.976. The molecule has 1 amide bonds. The number of aliphatic hydroxyl groups excluding tert-OH is 1. The van der Waals surface area contributed by atoms with Crippen LogP contribution in [-0.2, 0) is 34.2 Å². The number of aromatic hydroxyl groups is 1. The van der Waals surface area contributed by atoms with E-state index >= 15 is 0 Å². The summed E-state index contributed by atoms with van der Waals surface area (Å²) in [4.78, 5) is 12.4. The van der Waals surface area contributed by atoms with Crippen LogP contribution >= 0.6 is 23.2 Å². The lowest BCUT2D eigenvalue weighted by molar-refractivity contribution is -0.120. The molecule has 2 unspecified atom stereocenters. The van der Waals surface area contributed by atoms with Crippen LogP contribution in [0.2, 0.25) is 10.0 Å². The fourth-order valence-corrected chi connectivity index (χ4v) is 4.75. The predicted octanol–water partition coefficient (Wildman–Crippen LogP) is 4.18. The third-order valence-electron chi connectivity index (χ3n) is 5.73. The number of nitrogens with one attached hydrogen (secondary N) is 3. The number of phenols is 1. The maximum Gasteiger partial charge on any atom is 0.229 e. The molecular weight excluding hydrogens is 549 g/mol. The Labute approximate surface area is 233 Å². The highest BCUT2D eigenvalue weighted by Gasteiger charge is 2.14. The van der Waals surface area contributed by atoms with Gasteiger partial charge in [0.05, 0.1) is 34.5 Å². The van der Waals surface area contributed by atoms with Crippen molar-refractivity contribution in [1.29, 1.82) is 0 Å². The molecule has 3 rings (SSSR count). The Kier molecular flexibility index (Phi) is 10.4. The highest BCUT2D eigenvalue weighted by molar-refractivity contribution is 7.92. The molecular formula is C27H31Cl2N3O5S. The van der Waals surface area contributed by atoms with E-state index < -0.39 is 16.1 Å². The van der Waals surface area contributed by atoms with E-state index in [9.17, 15) is 23.4 Å². The first-order valence-corrected chi connectivity index (χ1v) is 14.5. The van der Waals surface area contributed by atoms with Crippen LogP contribution in [0.4, 0.5) is 5.69 Å².